The summed E-state index contributed by atoms with van der Waals surface area (Å²) in [5.41, 5.74) is 0. The minimum Gasteiger partial charge on any atom is -0.370 e. The molecule has 0 bridgehead atoms. The Morgan fingerprint density at radius 2 is 2.25 bits per heavy atom. The van der Waals surface area contributed by atoms with Crippen molar-refractivity contribution >= 4 is 29.3 Å². The number of carbonyl (C=O) groups excluding carboxylic acids is 1. The first-order chi connectivity index (χ1) is 9.70. The van der Waals surface area contributed by atoms with Crippen molar-refractivity contribution in [1.82, 2.24) is 14.9 Å². The first-order valence-corrected chi connectivity index (χ1v) is 8.14. The molecule has 0 aromatic carbocycles. The lowest BCUT2D eigenvalue weighted by Crippen LogP contribution is -2.48. The van der Waals surface area contributed by atoms with Crippen molar-refractivity contribution in [3.05, 3.63) is 12.4 Å². The van der Waals surface area contributed by atoms with Crippen molar-refractivity contribution in [1.29, 1.82) is 0 Å². The van der Waals surface area contributed by atoms with Crippen LogP contribution in [-0.2, 0) is 4.79 Å². The molecular formula is C13H21N5OS. The fourth-order valence-electron chi connectivity index (χ4n) is 2.00. The highest BCUT2D eigenvalue weighted by atomic mass is 32.2. The van der Waals surface area contributed by atoms with E-state index >= 15 is 0 Å². The van der Waals surface area contributed by atoms with Crippen LogP contribution in [0.4, 0.5) is 11.6 Å². The lowest BCUT2D eigenvalue weighted by molar-refractivity contribution is -0.129. The normalized spacial score (nSPS) is 15.6. The molecule has 1 amide bonds. The fourth-order valence-corrected chi connectivity index (χ4v) is 2.44. The molecule has 1 N–H and O–H groups in total. The first-order valence-electron chi connectivity index (χ1n) is 6.74. The molecule has 0 atom stereocenters. The van der Waals surface area contributed by atoms with Gasteiger partial charge in [0.15, 0.2) is 0 Å². The number of hydrogen-bond acceptors (Lipinski definition) is 6. The van der Waals surface area contributed by atoms with Gasteiger partial charge in [0.1, 0.15) is 18.0 Å². The van der Waals surface area contributed by atoms with E-state index in [4.69, 9.17) is 0 Å². The van der Waals surface area contributed by atoms with Gasteiger partial charge in [0, 0.05) is 32.7 Å². The summed E-state index contributed by atoms with van der Waals surface area (Å²) in [6.07, 6.45) is 4.76. The van der Waals surface area contributed by atoms with E-state index in [-0.39, 0.29) is 5.91 Å². The maximum Gasteiger partial charge on any atom is 0.241 e. The van der Waals surface area contributed by atoms with Crippen LogP contribution in [0.3, 0.4) is 0 Å². The predicted molar refractivity (Wildman–Crippen MR) is 83.4 cm³/mol. The topological polar surface area (TPSA) is 61.4 Å². The van der Waals surface area contributed by atoms with Gasteiger partial charge < -0.3 is 15.1 Å². The Bertz CT molecular complexity index is 456. The summed E-state index contributed by atoms with van der Waals surface area (Å²) < 4.78 is 0. The predicted octanol–water partition coefficient (Wildman–Crippen LogP) is 0.920. The number of nitrogens with one attached hydrogen (secondary N) is 1. The number of piperazine rings is 1. The molecule has 110 valence electrons. The monoisotopic (exact) mass is 295 g/mol. The molecule has 1 aromatic rings. The van der Waals surface area contributed by atoms with Gasteiger partial charge in [0.25, 0.3) is 0 Å². The van der Waals surface area contributed by atoms with Gasteiger partial charge in [0.2, 0.25) is 5.91 Å². The summed E-state index contributed by atoms with van der Waals surface area (Å²) in [5, 5.41) is 3.29. The number of carbonyl (C=O) groups is 1. The summed E-state index contributed by atoms with van der Waals surface area (Å²) >= 11 is 1.84. The van der Waals surface area contributed by atoms with Gasteiger partial charge in [-0.25, -0.2) is 9.97 Å². The number of rotatable bonds is 6. The molecule has 7 heteroatoms. The van der Waals surface area contributed by atoms with Gasteiger partial charge in [-0.1, -0.05) is 0 Å². The zero-order valence-electron chi connectivity index (χ0n) is 12.0. The maximum atomic E-state index is 11.7. The van der Waals surface area contributed by atoms with Gasteiger partial charge in [-0.2, -0.15) is 11.8 Å². The summed E-state index contributed by atoms with van der Waals surface area (Å²) in [6, 6.07) is 1.91. The summed E-state index contributed by atoms with van der Waals surface area (Å²) in [6.45, 7) is 2.84. The number of aromatic nitrogens is 2. The minimum atomic E-state index is 0.129. The van der Waals surface area contributed by atoms with Crippen molar-refractivity contribution in [3.63, 3.8) is 0 Å². The minimum absolute atomic E-state index is 0.129. The Kier molecular flexibility index (Phi) is 5.46. The average molecular weight is 295 g/mol. The average Bonchev–Trinajstić information content (AvgIpc) is 2.47. The smallest absolute Gasteiger partial charge is 0.241 e. The molecule has 2 heterocycles. The van der Waals surface area contributed by atoms with E-state index in [9.17, 15) is 4.79 Å². The van der Waals surface area contributed by atoms with Crippen molar-refractivity contribution in [2.75, 3.05) is 55.5 Å². The van der Waals surface area contributed by atoms with Crippen LogP contribution in [0.2, 0.25) is 0 Å². The van der Waals surface area contributed by atoms with E-state index in [1.54, 1.807) is 11.2 Å². The summed E-state index contributed by atoms with van der Waals surface area (Å²) in [4.78, 5) is 24.0. The van der Waals surface area contributed by atoms with E-state index < -0.39 is 0 Å². The van der Waals surface area contributed by atoms with E-state index in [0.29, 0.717) is 6.54 Å². The van der Waals surface area contributed by atoms with Crippen LogP contribution in [0.15, 0.2) is 12.4 Å². The molecule has 1 aliphatic heterocycles. The Labute approximate surface area is 124 Å². The van der Waals surface area contributed by atoms with Crippen LogP contribution in [0, 0.1) is 0 Å². The van der Waals surface area contributed by atoms with E-state index in [1.807, 2.05) is 29.8 Å². The van der Waals surface area contributed by atoms with Crippen LogP contribution in [0.5, 0.6) is 0 Å². The summed E-state index contributed by atoms with van der Waals surface area (Å²) in [5.74, 6) is 2.90. The first kappa shape index (κ1) is 14.9. The van der Waals surface area contributed by atoms with Gasteiger partial charge in [-0.15, -0.1) is 0 Å². The molecule has 1 fully saturated rings. The highest BCUT2D eigenvalue weighted by molar-refractivity contribution is 7.98. The standard InChI is InChI=1S/C13H21N5OS/c1-17-5-6-18(9-13(17)19)12-8-11(15-10-16-12)14-4-3-7-20-2/h8,10H,3-7,9H2,1-2H3,(H,14,15,16). The van der Waals surface area contributed by atoms with Crippen LogP contribution in [0.1, 0.15) is 6.42 Å². The molecule has 1 aliphatic rings. The number of anilines is 2. The van der Waals surface area contributed by atoms with Crippen LogP contribution < -0.4 is 10.2 Å². The number of hydrogen-bond donors (Lipinski definition) is 1. The molecule has 6 nitrogen and oxygen atoms in total. The number of nitrogens with zero attached hydrogens (tertiary/aromatic N) is 4. The Morgan fingerprint density at radius 1 is 1.40 bits per heavy atom. The zero-order valence-corrected chi connectivity index (χ0v) is 12.8. The van der Waals surface area contributed by atoms with Crippen molar-refractivity contribution in [3.8, 4) is 0 Å². The molecule has 0 saturated carbocycles. The largest absolute Gasteiger partial charge is 0.370 e. The number of likely N-dealkylation sites (N-methyl/N-ethyl adjacent to an activating group) is 1. The Hall–Kier alpha value is -1.50. The van der Waals surface area contributed by atoms with E-state index in [0.717, 1.165) is 43.4 Å². The molecule has 1 saturated heterocycles. The fraction of sp³-hybridized carbons (Fsp3) is 0.615. The second-order valence-corrected chi connectivity index (χ2v) is 5.76. The lowest BCUT2D eigenvalue weighted by atomic mass is 10.3. The molecule has 0 spiro atoms. The lowest BCUT2D eigenvalue weighted by Gasteiger charge is -2.32. The molecule has 0 aliphatic carbocycles. The molecule has 0 radical (unpaired) electrons. The zero-order chi connectivity index (χ0) is 14.4. The third kappa shape index (κ3) is 4.00. The van der Waals surface area contributed by atoms with Crippen molar-refractivity contribution in [2.45, 2.75) is 6.42 Å². The number of amides is 1. The third-order valence-corrected chi connectivity index (χ3v) is 3.96. The van der Waals surface area contributed by atoms with Gasteiger partial charge in [-0.05, 0) is 18.4 Å². The van der Waals surface area contributed by atoms with Gasteiger partial charge in [0.05, 0.1) is 6.54 Å². The van der Waals surface area contributed by atoms with E-state index in [2.05, 4.69) is 21.5 Å². The highest BCUT2D eigenvalue weighted by Crippen LogP contribution is 2.16. The molecule has 0 unspecified atom stereocenters. The van der Waals surface area contributed by atoms with Crippen molar-refractivity contribution in [2.24, 2.45) is 0 Å². The van der Waals surface area contributed by atoms with Crippen LogP contribution in [0.25, 0.3) is 0 Å². The molecule has 1 aromatic heterocycles. The van der Waals surface area contributed by atoms with Crippen LogP contribution >= 0.6 is 11.8 Å². The maximum absolute atomic E-state index is 11.7. The van der Waals surface area contributed by atoms with Crippen molar-refractivity contribution < 1.29 is 4.79 Å². The second-order valence-electron chi connectivity index (χ2n) is 4.77. The van der Waals surface area contributed by atoms with Crippen LogP contribution in [-0.4, -0.2) is 66.0 Å². The Balaban J connectivity index is 1.93. The molecular weight excluding hydrogens is 274 g/mol. The molecule has 2 rings (SSSR count). The Morgan fingerprint density at radius 3 is 3.00 bits per heavy atom. The second kappa shape index (κ2) is 7.33. The van der Waals surface area contributed by atoms with Gasteiger partial charge in [-0.3, -0.25) is 4.79 Å². The third-order valence-electron chi connectivity index (χ3n) is 3.27. The van der Waals surface area contributed by atoms with E-state index in [1.165, 1.54) is 0 Å². The highest BCUT2D eigenvalue weighted by Gasteiger charge is 2.22. The molecule has 20 heavy (non-hydrogen) atoms. The van der Waals surface area contributed by atoms with Gasteiger partial charge >= 0.3 is 0 Å². The SMILES string of the molecule is CSCCCNc1cc(N2CCN(C)C(=O)C2)ncn1. The summed E-state index contributed by atoms with van der Waals surface area (Å²) in [7, 11) is 1.83. The quantitative estimate of drug-likeness (QED) is 0.788. The number of thioether (sulfide) groups is 1.